The third kappa shape index (κ3) is 5.15. The maximum absolute atomic E-state index is 14.1. The van der Waals surface area contributed by atoms with Crippen molar-refractivity contribution in [3.05, 3.63) is 118 Å². The fourth-order valence-electron chi connectivity index (χ4n) is 6.71. The summed E-state index contributed by atoms with van der Waals surface area (Å²) in [6.07, 6.45) is 2.34. The maximum Gasteiger partial charge on any atom is 0.255 e. The number of phenolic OH excluding ortho intramolecular Hbond substituents is 1. The number of aromatic hydroxyl groups is 1. The minimum Gasteiger partial charge on any atom is -0.508 e. The number of aromatic nitrogens is 1. The number of carbonyl (C=O) groups excluding carboxylic acids is 1. The summed E-state index contributed by atoms with van der Waals surface area (Å²) >= 11 is 6.40. The Hall–Kier alpha value is -4.26. The molecule has 1 fully saturated rings. The molecular formula is C36H35ClN4O2. The van der Waals surface area contributed by atoms with Gasteiger partial charge >= 0.3 is 0 Å². The number of para-hydroxylation sites is 1. The van der Waals surface area contributed by atoms with Crippen LogP contribution in [0.15, 0.2) is 91.0 Å². The number of nitrogens with zero attached hydrogens (tertiary/aromatic N) is 3. The highest BCUT2D eigenvalue weighted by molar-refractivity contribution is 6.30. The number of H-pyrrole nitrogens is 1. The van der Waals surface area contributed by atoms with E-state index < -0.39 is 6.04 Å². The van der Waals surface area contributed by atoms with Crippen molar-refractivity contribution in [2.45, 2.75) is 31.5 Å². The third-order valence-electron chi connectivity index (χ3n) is 9.14. The van der Waals surface area contributed by atoms with Crippen LogP contribution in [0.1, 0.15) is 46.1 Å². The number of nitrogens with one attached hydrogen (secondary N) is 1. The van der Waals surface area contributed by atoms with Gasteiger partial charge in [-0.25, -0.2) is 0 Å². The summed E-state index contributed by atoms with van der Waals surface area (Å²) in [6.45, 7) is 2.55. The van der Waals surface area contributed by atoms with E-state index in [0.717, 1.165) is 46.4 Å². The van der Waals surface area contributed by atoms with Gasteiger partial charge < -0.3 is 24.8 Å². The van der Waals surface area contributed by atoms with Crippen LogP contribution in [-0.2, 0) is 6.54 Å². The zero-order chi connectivity index (χ0) is 29.7. The third-order valence-corrected chi connectivity index (χ3v) is 9.38. The number of aromatic amines is 1. The van der Waals surface area contributed by atoms with E-state index in [4.69, 9.17) is 11.6 Å². The van der Waals surface area contributed by atoms with E-state index in [1.807, 2.05) is 41.3 Å². The Bertz CT molecular complexity index is 1770. The molecule has 0 saturated carbocycles. The fourth-order valence-corrected chi connectivity index (χ4v) is 6.89. The lowest BCUT2D eigenvalue weighted by molar-refractivity contribution is 0.0727. The fraction of sp³-hybridized carbons (Fsp3) is 0.250. The number of hydrogen-bond acceptors (Lipinski definition) is 4. The number of hydrogen-bond donors (Lipinski definition) is 2. The lowest BCUT2D eigenvalue weighted by atomic mass is 9.99. The number of piperidine rings is 1. The van der Waals surface area contributed by atoms with Crippen LogP contribution in [0.25, 0.3) is 22.0 Å². The van der Waals surface area contributed by atoms with Gasteiger partial charge in [-0.1, -0.05) is 54.1 Å². The summed E-state index contributed by atoms with van der Waals surface area (Å²) in [5, 5.41) is 12.5. The van der Waals surface area contributed by atoms with Crippen LogP contribution in [0, 0.1) is 0 Å². The van der Waals surface area contributed by atoms with Crippen LogP contribution >= 0.6 is 11.6 Å². The molecule has 1 amide bonds. The zero-order valence-electron chi connectivity index (χ0n) is 24.4. The van der Waals surface area contributed by atoms with Gasteiger partial charge in [0.2, 0.25) is 0 Å². The summed E-state index contributed by atoms with van der Waals surface area (Å²) in [4.78, 5) is 24.2. The number of fused-ring (bicyclic) bond motifs is 2. The van der Waals surface area contributed by atoms with Crippen molar-refractivity contribution in [1.82, 2.24) is 14.8 Å². The molecule has 218 valence electrons. The molecule has 43 heavy (non-hydrogen) atoms. The van der Waals surface area contributed by atoms with Crippen LogP contribution in [-0.4, -0.2) is 59.0 Å². The summed E-state index contributed by atoms with van der Waals surface area (Å²) in [7, 11) is 4.33. The first-order valence-corrected chi connectivity index (χ1v) is 15.3. The van der Waals surface area contributed by atoms with Gasteiger partial charge in [-0.3, -0.25) is 4.79 Å². The SMILES string of the molecule is CN(C)C1CCN(c2ccc(-c3ccc4c(c3)C(=O)N([C@@H](c3cc5ccccc5[nH]3)c3cc(Cl)ccc3O)C4)cc2)CC1. The number of halogens is 1. The van der Waals surface area contributed by atoms with Crippen molar-refractivity contribution in [2.24, 2.45) is 0 Å². The molecule has 2 N–H and O–H groups in total. The second kappa shape index (κ2) is 11.1. The van der Waals surface area contributed by atoms with E-state index in [1.54, 1.807) is 18.2 Å². The molecule has 1 atom stereocenters. The topological polar surface area (TPSA) is 62.8 Å². The van der Waals surface area contributed by atoms with Crippen molar-refractivity contribution >= 4 is 34.1 Å². The molecule has 1 saturated heterocycles. The number of rotatable bonds is 6. The molecule has 0 unspecified atom stereocenters. The van der Waals surface area contributed by atoms with Crippen molar-refractivity contribution in [3.63, 3.8) is 0 Å². The van der Waals surface area contributed by atoms with Gasteiger partial charge in [0.1, 0.15) is 11.8 Å². The van der Waals surface area contributed by atoms with Gasteiger partial charge in [-0.15, -0.1) is 0 Å². The molecule has 5 aromatic rings. The standard InChI is InChI=1S/C36H35ClN4O2/c1-39(2)28-15-17-40(18-16-28)29-12-9-23(10-13-29)24-7-8-26-22-41(36(43)30(26)19-24)35(31-21-27(37)11-14-34(31)42)33-20-25-5-3-4-6-32(25)38-33/h3-14,19-21,28,35,38,42H,15-18,22H2,1-2H3/t35-/m1/s1. The Labute approximate surface area is 257 Å². The molecule has 7 heteroatoms. The Morgan fingerprint density at radius 3 is 2.40 bits per heavy atom. The van der Waals surface area contributed by atoms with Crippen molar-refractivity contribution in [1.29, 1.82) is 0 Å². The van der Waals surface area contributed by atoms with Crippen LogP contribution < -0.4 is 4.90 Å². The summed E-state index contributed by atoms with van der Waals surface area (Å²) in [5.41, 5.74) is 7.38. The Morgan fingerprint density at radius 1 is 0.907 bits per heavy atom. The number of amides is 1. The molecule has 3 heterocycles. The average molecular weight is 591 g/mol. The minimum absolute atomic E-state index is 0.0692. The first kappa shape index (κ1) is 27.6. The van der Waals surface area contributed by atoms with Crippen LogP contribution in [0.3, 0.4) is 0 Å². The van der Waals surface area contributed by atoms with Crippen molar-refractivity contribution in [2.75, 3.05) is 32.1 Å². The molecule has 6 nitrogen and oxygen atoms in total. The second-order valence-corrected chi connectivity index (χ2v) is 12.4. The molecular weight excluding hydrogens is 556 g/mol. The molecule has 0 spiro atoms. The van der Waals surface area contributed by atoms with E-state index in [2.05, 4.69) is 65.3 Å². The van der Waals surface area contributed by atoms with Crippen LogP contribution in [0.2, 0.25) is 5.02 Å². The van der Waals surface area contributed by atoms with E-state index in [1.165, 1.54) is 18.5 Å². The summed E-state index contributed by atoms with van der Waals surface area (Å²) in [6, 6.07) is 30.0. The van der Waals surface area contributed by atoms with E-state index >= 15 is 0 Å². The zero-order valence-corrected chi connectivity index (χ0v) is 25.2. The first-order chi connectivity index (χ1) is 20.9. The molecule has 2 aliphatic heterocycles. The highest BCUT2D eigenvalue weighted by Gasteiger charge is 2.37. The molecule has 0 bridgehead atoms. The maximum atomic E-state index is 14.1. The van der Waals surface area contributed by atoms with Crippen molar-refractivity contribution in [3.8, 4) is 16.9 Å². The highest BCUT2D eigenvalue weighted by atomic mass is 35.5. The second-order valence-electron chi connectivity index (χ2n) is 12.0. The normalized spacial score (nSPS) is 16.3. The molecule has 7 rings (SSSR count). The summed E-state index contributed by atoms with van der Waals surface area (Å²) < 4.78 is 0. The van der Waals surface area contributed by atoms with Gasteiger partial charge in [0.15, 0.2) is 0 Å². The van der Waals surface area contributed by atoms with E-state index in [9.17, 15) is 9.90 Å². The number of phenols is 1. The largest absolute Gasteiger partial charge is 0.508 e. The number of carbonyl (C=O) groups is 1. The van der Waals surface area contributed by atoms with Gasteiger partial charge in [0.25, 0.3) is 5.91 Å². The smallest absolute Gasteiger partial charge is 0.255 e. The monoisotopic (exact) mass is 590 g/mol. The Morgan fingerprint density at radius 2 is 1.65 bits per heavy atom. The summed E-state index contributed by atoms with van der Waals surface area (Å²) in [5.74, 6) is 0.0313. The quantitative estimate of drug-likeness (QED) is 0.215. The van der Waals surface area contributed by atoms with Gasteiger partial charge in [0, 0.05) is 58.7 Å². The van der Waals surface area contributed by atoms with Crippen molar-refractivity contribution < 1.29 is 9.90 Å². The van der Waals surface area contributed by atoms with Gasteiger partial charge in [0.05, 0.1) is 0 Å². The van der Waals surface area contributed by atoms with E-state index in [-0.39, 0.29) is 11.7 Å². The predicted molar refractivity (Wildman–Crippen MR) is 174 cm³/mol. The van der Waals surface area contributed by atoms with E-state index in [0.29, 0.717) is 28.7 Å². The molecule has 2 aliphatic rings. The lowest BCUT2D eigenvalue weighted by Crippen LogP contribution is -2.41. The van der Waals surface area contributed by atoms with Gasteiger partial charge in [-0.05, 0) is 97.5 Å². The number of anilines is 1. The molecule has 4 aromatic carbocycles. The number of benzene rings is 4. The first-order valence-electron chi connectivity index (χ1n) is 14.9. The Balaban J connectivity index is 1.18. The van der Waals surface area contributed by atoms with Crippen LogP contribution in [0.4, 0.5) is 5.69 Å². The Kier molecular flexibility index (Phi) is 7.12. The molecule has 0 radical (unpaired) electrons. The minimum atomic E-state index is -0.537. The highest BCUT2D eigenvalue weighted by Crippen LogP contribution is 2.41. The molecule has 0 aliphatic carbocycles. The van der Waals surface area contributed by atoms with Crippen LogP contribution in [0.5, 0.6) is 5.75 Å². The predicted octanol–water partition coefficient (Wildman–Crippen LogP) is 7.47. The lowest BCUT2D eigenvalue weighted by Gasteiger charge is -2.36. The van der Waals surface area contributed by atoms with Gasteiger partial charge in [-0.2, -0.15) is 0 Å². The average Bonchev–Trinajstić information content (AvgIpc) is 3.60. The molecule has 1 aromatic heterocycles.